The first-order valence-electron chi connectivity index (χ1n) is 7.43. The summed E-state index contributed by atoms with van der Waals surface area (Å²) in [6.07, 6.45) is 1.93. The van der Waals surface area contributed by atoms with Crippen molar-refractivity contribution in [1.82, 2.24) is 25.5 Å². The number of thioether (sulfide) groups is 1. The van der Waals surface area contributed by atoms with E-state index in [1.807, 2.05) is 49.6 Å². The highest BCUT2D eigenvalue weighted by atomic mass is 32.2. The number of aromatic nitrogens is 4. The number of H-pyrrole nitrogens is 1. The normalized spacial score (nSPS) is 10.6. The lowest BCUT2D eigenvalue weighted by Crippen LogP contribution is -2.23. The van der Waals surface area contributed by atoms with Crippen LogP contribution in [0.15, 0.2) is 47.5 Å². The maximum absolute atomic E-state index is 12.2. The summed E-state index contributed by atoms with van der Waals surface area (Å²) >= 11 is 1.51. The average molecular weight is 339 g/mol. The van der Waals surface area contributed by atoms with Crippen LogP contribution in [-0.2, 0) is 6.54 Å². The van der Waals surface area contributed by atoms with E-state index < -0.39 is 0 Å². The van der Waals surface area contributed by atoms with Crippen LogP contribution in [0.25, 0.3) is 11.4 Å². The minimum atomic E-state index is -0.190. The number of nitrogens with zero attached hydrogens (tertiary/aromatic N) is 3. The summed E-state index contributed by atoms with van der Waals surface area (Å²) in [6.45, 7) is 2.28. The van der Waals surface area contributed by atoms with Gasteiger partial charge in [0.05, 0.1) is 5.03 Å². The largest absolute Gasteiger partial charge is 0.347 e. The second-order valence-electron chi connectivity index (χ2n) is 5.19. The quantitative estimate of drug-likeness (QED) is 0.698. The molecule has 0 aliphatic carbocycles. The number of benzene rings is 1. The number of hydrogen-bond acceptors (Lipinski definition) is 5. The molecular weight excluding hydrogens is 322 g/mol. The first kappa shape index (κ1) is 16.2. The summed E-state index contributed by atoms with van der Waals surface area (Å²) in [7, 11) is 0. The highest BCUT2D eigenvalue weighted by molar-refractivity contribution is 7.98. The Morgan fingerprint density at radius 2 is 2.04 bits per heavy atom. The zero-order valence-corrected chi connectivity index (χ0v) is 14.2. The van der Waals surface area contributed by atoms with Gasteiger partial charge >= 0.3 is 0 Å². The number of carbonyl (C=O) groups excluding carboxylic acids is 1. The molecule has 6 nitrogen and oxygen atoms in total. The van der Waals surface area contributed by atoms with Gasteiger partial charge in [-0.25, -0.2) is 9.97 Å². The van der Waals surface area contributed by atoms with Crippen LogP contribution in [0.4, 0.5) is 0 Å². The molecular formula is C17H17N5OS. The van der Waals surface area contributed by atoms with Crippen LogP contribution in [0.3, 0.4) is 0 Å². The second kappa shape index (κ2) is 7.27. The predicted octanol–water partition coefficient (Wildman–Crippen LogP) is 2.83. The van der Waals surface area contributed by atoms with E-state index in [1.165, 1.54) is 11.8 Å². The summed E-state index contributed by atoms with van der Waals surface area (Å²) in [4.78, 5) is 20.8. The van der Waals surface area contributed by atoms with Crippen LogP contribution in [0.1, 0.15) is 21.9 Å². The molecule has 3 aromatic rings. The molecule has 2 heterocycles. The molecule has 24 heavy (non-hydrogen) atoms. The third kappa shape index (κ3) is 3.80. The first-order chi connectivity index (χ1) is 11.7. The molecule has 122 valence electrons. The van der Waals surface area contributed by atoms with Crippen molar-refractivity contribution >= 4 is 17.7 Å². The van der Waals surface area contributed by atoms with Crippen LogP contribution in [-0.4, -0.2) is 32.3 Å². The summed E-state index contributed by atoms with van der Waals surface area (Å²) in [6, 6.07) is 13.2. The molecule has 2 aromatic heterocycles. The van der Waals surface area contributed by atoms with Gasteiger partial charge < -0.3 is 5.32 Å². The lowest BCUT2D eigenvalue weighted by molar-refractivity contribution is 0.0945. The zero-order valence-electron chi connectivity index (χ0n) is 13.4. The van der Waals surface area contributed by atoms with Gasteiger partial charge in [-0.15, -0.1) is 11.8 Å². The Balaban J connectivity index is 1.69. The Morgan fingerprint density at radius 1 is 1.21 bits per heavy atom. The summed E-state index contributed by atoms with van der Waals surface area (Å²) < 4.78 is 0. The van der Waals surface area contributed by atoms with Crippen molar-refractivity contribution in [3.05, 3.63) is 59.5 Å². The molecule has 0 aliphatic heterocycles. The SMILES string of the molecule is CSc1cccc(C(=O)NCc2cccc(-c3n[nH]c(C)n3)c2)n1. The van der Waals surface area contributed by atoms with Gasteiger partial charge in [0, 0.05) is 12.1 Å². The monoisotopic (exact) mass is 339 g/mol. The second-order valence-corrected chi connectivity index (χ2v) is 6.02. The third-order valence-electron chi connectivity index (χ3n) is 3.40. The predicted molar refractivity (Wildman–Crippen MR) is 93.7 cm³/mol. The molecule has 0 fully saturated rings. The van der Waals surface area contributed by atoms with Crippen molar-refractivity contribution in [3.8, 4) is 11.4 Å². The van der Waals surface area contributed by atoms with E-state index >= 15 is 0 Å². The molecule has 0 bridgehead atoms. The topological polar surface area (TPSA) is 83.6 Å². The Bertz CT molecular complexity index is 861. The third-order valence-corrected chi connectivity index (χ3v) is 4.05. The fraction of sp³-hybridized carbons (Fsp3) is 0.176. The molecule has 1 aromatic carbocycles. The number of hydrogen-bond donors (Lipinski definition) is 2. The van der Waals surface area contributed by atoms with E-state index in [2.05, 4.69) is 25.5 Å². The number of rotatable bonds is 5. The minimum Gasteiger partial charge on any atom is -0.347 e. The number of amides is 1. The molecule has 0 spiro atoms. The van der Waals surface area contributed by atoms with Crippen LogP contribution in [0.2, 0.25) is 0 Å². The molecule has 0 saturated carbocycles. The van der Waals surface area contributed by atoms with E-state index in [-0.39, 0.29) is 5.91 Å². The van der Waals surface area contributed by atoms with E-state index in [0.717, 1.165) is 22.0 Å². The lowest BCUT2D eigenvalue weighted by atomic mass is 10.1. The Morgan fingerprint density at radius 3 is 2.79 bits per heavy atom. The van der Waals surface area contributed by atoms with Crippen molar-refractivity contribution in [2.24, 2.45) is 0 Å². The van der Waals surface area contributed by atoms with Crippen molar-refractivity contribution in [2.75, 3.05) is 6.26 Å². The highest BCUT2D eigenvalue weighted by Gasteiger charge is 2.09. The maximum atomic E-state index is 12.2. The molecule has 2 N–H and O–H groups in total. The first-order valence-corrected chi connectivity index (χ1v) is 8.66. The fourth-order valence-electron chi connectivity index (χ4n) is 2.22. The molecule has 0 atom stereocenters. The number of nitrogens with one attached hydrogen (secondary N) is 2. The fourth-order valence-corrected chi connectivity index (χ4v) is 2.62. The van der Waals surface area contributed by atoms with Crippen molar-refractivity contribution < 1.29 is 4.79 Å². The molecule has 0 saturated heterocycles. The van der Waals surface area contributed by atoms with E-state index in [9.17, 15) is 4.79 Å². The van der Waals surface area contributed by atoms with Gasteiger partial charge in [0.1, 0.15) is 11.5 Å². The molecule has 0 radical (unpaired) electrons. The minimum absolute atomic E-state index is 0.190. The van der Waals surface area contributed by atoms with Crippen LogP contribution in [0, 0.1) is 6.92 Å². The van der Waals surface area contributed by atoms with Crippen molar-refractivity contribution in [3.63, 3.8) is 0 Å². The smallest absolute Gasteiger partial charge is 0.270 e. The highest BCUT2D eigenvalue weighted by Crippen LogP contribution is 2.16. The van der Waals surface area contributed by atoms with Crippen LogP contribution in [0.5, 0.6) is 0 Å². The summed E-state index contributed by atoms with van der Waals surface area (Å²) in [5.41, 5.74) is 2.31. The van der Waals surface area contributed by atoms with Gasteiger partial charge in [-0.3, -0.25) is 9.89 Å². The zero-order chi connectivity index (χ0) is 16.9. The van der Waals surface area contributed by atoms with Gasteiger partial charge in [-0.2, -0.15) is 5.10 Å². The number of aromatic amines is 1. The van der Waals surface area contributed by atoms with Crippen molar-refractivity contribution in [1.29, 1.82) is 0 Å². The molecule has 7 heteroatoms. The molecule has 0 unspecified atom stereocenters. The van der Waals surface area contributed by atoms with E-state index in [0.29, 0.717) is 18.1 Å². The van der Waals surface area contributed by atoms with Gasteiger partial charge in [-0.05, 0) is 36.9 Å². The Labute approximate surface area is 144 Å². The number of carbonyl (C=O) groups is 1. The summed E-state index contributed by atoms with van der Waals surface area (Å²) in [5.74, 6) is 1.23. The Kier molecular flexibility index (Phi) is 4.90. The van der Waals surface area contributed by atoms with Gasteiger partial charge in [-0.1, -0.05) is 24.3 Å². The maximum Gasteiger partial charge on any atom is 0.270 e. The van der Waals surface area contributed by atoms with Gasteiger partial charge in [0.2, 0.25) is 0 Å². The van der Waals surface area contributed by atoms with Crippen molar-refractivity contribution in [2.45, 2.75) is 18.5 Å². The van der Waals surface area contributed by atoms with Crippen LogP contribution < -0.4 is 5.32 Å². The Hall–Kier alpha value is -2.67. The lowest BCUT2D eigenvalue weighted by Gasteiger charge is -2.07. The van der Waals surface area contributed by atoms with Gasteiger partial charge in [0.25, 0.3) is 5.91 Å². The standard InChI is InChI=1S/C17H17N5OS/c1-11-19-16(22-21-11)13-6-3-5-12(9-13)10-18-17(23)14-7-4-8-15(20-14)24-2/h3-9H,10H2,1-2H3,(H,18,23)(H,19,21,22). The molecule has 0 aliphatic rings. The number of pyridine rings is 1. The van der Waals surface area contributed by atoms with Crippen LogP contribution >= 0.6 is 11.8 Å². The summed E-state index contributed by atoms with van der Waals surface area (Å²) in [5, 5.41) is 10.7. The number of aryl methyl sites for hydroxylation is 1. The van der Waals surface area contributed by atoms with E-state index in [4.69, 9.17) is 0 Å². The average Bonchev–Trinajstić information content (AvgIpc) is 3.06. The molecule has 3 rings (SSSR count). The molecule has 1 amide bonds. The van der Waals surface area contributed by atoms with E-state index in [1.54, 1.807) is 6.07 Å². The van der Waals surface area contributed by atoms with Gasteiger partial charge in [0.15, 0.2) is 5.82 Å².